The van der Waals surface area contributed by atoms with Gasteiger partial charge in [0.25, 0.3) is 0 Å². The van der Waals surface area contributed by atoms with Gasteiger partial charge in [-0.25, -0.2) is 4.98 Å². The lowest BCUT2D eigenvalue weighted by Gasteiger charge is -2.43. The van der Waals surface area contributed by atoms with Gasteiger partial charge in [-0.1, -0.05) is 30.3 Å². The van der Waals surface area contributed by atoms with Gasteiger partial charge in [0.05, 0.1) is 18.0 Å². The molecule has 1 saturated heterocycles. The maximum Gasteiger partial charge on any atom is 0.140 e. The van der Waals surface area contributed by atoms with Crippen molar-refractivity contribution in [3.63, 3.8) is 0 Å². The molecule has 25 heavy (non-hydrogen) atoms. The number of piperazine rings is 1. The van der Waals surface area contributed by atoms with Crippen LogP contribution in [0.2, 0.25) is 0 Å². The van der Waals surface area contributed by atoms with E-state index in [0.29, 0.717) is 0 Å². The first-order valence-electron chi connectivity index (χ1n) is 8.87. The number of imidazole rings is 1. The Morgan fingerprint density at radius 2 is 1.72 bits per heavy atom. The SMILES string of the molecule is Cn1c(C(C#N)N2CCN(C(C)(C)C)CC2)cnc1-c1ccccc1. The summed E-state index contributed by atoms with van der Waals surface area (Å²) < 4.78 is 2.05. The topological polar surface area (TPSA) is 48.1 Å². The van der Waals surface area contributed by atoms with Crippen LogP contribution >= 0.6 is 0 Å². The molecule has 1 fully saturated rings. The zero-order valence-electron chi connectivity index (χ0n) is 15.6. The van der Waals surface area contributed by atoms with Crippen LogP contribution in [0.4, 0.5) is 0 Å². The zero-order chi connectivity index (χ0) is 18.0. The van der Waals surface area contributed by atoms with Crippen molar-refractivity contribution in [2.45, 2.75) is 32.4 Å². The van der Waals surface area contributed by atoms with E-state index in [1.54, 1.807) is 0 Å². The molecule has 0 amide bonds. The molecule has 132 valence electrons. The standard InChI is InChI=1S/C20H27N5/c1-20(2,3)25-12-10-24(11-13-25)17(14-21)18-15-22-19(23(18)4)16-8-6-5-7-9-16/h5-9,15,17H,10-13H2,1-4H3. The number of rotatable bonds is 3. The molecule has 0 aliphatic carbocycles. The zero-order valence-corrected chi connectivity index (χ0v) is 15.6. The van der Waals surface area contributed by atoms with E-state index < -0.39 is 0 Å². The fraction of sp³-hybridized carbons (Fsp3) is 0.500. The maximum atomic E-state index is 9.82. The molecule has 1 aromatic heterocycles. The molecule has 0 N–H and O–H groups in total. The molecule has 2 heterocycles. The second-order valence-corrected chi connectivity index (χ2v) is 7.66. The maximum absolute atomic E-state index is 9.82. The van der Waals surface area contributed by atoms with Crippen molar-refractivity contribution in [2.75, 3.05) is 26.2 Å². The quantitative estimate of drug-likeness (QED) is 0.864. The first kappa shape index (κ1) is 17.7. The molecule has 0 spiro atoms. The highest BCUT2D eigenvalue weighted by atomic mass is 15.3. The minimum absolute atomic E-state index is 0.182. The molecule has 1 aromatic carbocycles. The molecule has 0 bridgehead atoms. The van der Waals surface area contributed by atoms with E-state index in [2.05, 4.69) is 58.3 Å². The van der Waals surface area contributed by atoms with E-state index in [1.807, 2.05) is 31.4 Å². The van der Waals surface area contributed by atoms with E-state index in [9.17, 15) is 5.26 Å². The molecule has 2 aromatic rings. The minimum Gasteiger partial charge on any atom is -0.329 e. The van der Waals surface area contributed by atoms with Gasteiger partial charge >= 0.3 is 0 Å². The van der Waals surface area contributed by atoms with Gasteiger partial charge in [-0.3, -0.25) is 9.80 Å². The second kappa shape index (κ2) is 6.99. The van der Waals surface area contributed by atoms with Gasteiger partial charge in [0.15, 0.2) is 0 Å². The van der Waals surface area contributed by atoms with Gasteiger partial charge < -0.3 is 4.57 Å². The van der Waals surface area contributed by atoms with Crippen molar-refractivity contribution in [3.05, 3.63) is 42.2 Å². The van der Waals surface area contributed by atoms with E-state index in [1.165, 1.54) is 0 Å². The summed E-state index contributed by atoms with van der Waals surface area (Å²) in [6, 6.07) is 12.4. The van der Waals surface area contributed by atoms with Crippen molar-refractivity contribution < 1.29 is 0 Å². The molecule has 5 heteroatoms. The van der Waals surface area contributed by atoms with E-state index in [4.69, 9.17) is 0 Å². The lowest BCUT2D eigenvalue weighted by molar-refractivity contribution is 0.0509. The summed E-state index contributed by atoms with van der Waals surface area (Å²) in [5.41, 5.74) is 2.22. The Hall–Kier alpha value is -2.16. The van der Waals surface area contributed by atoms with Crippen LogP contribution in [0.25, 0.3) is 11.4 Å². The molecule has 1 atom stereocenters. The Labute approximate surface area is 150 Å². The first-order chi connectivity index (χ1) is 11.9. The average molecular weight is 337 g/mol. The number of benzene rings is 1. The average Bonchev–Trinajstić information content (AvgIpc) is 2.98. The Bertz CT molecular complexity index is 743. The van der Waals surface area contributed by atoms with Gasteiger partial charge in [-0.05, 0) is 20.8 Å². The largest absolute Gasteiger partial charge is 0.329 e. The second-order valence-electron chi connectivity index (χ2n) is 7.66. The van der Waals surface area contributed by atoms with Gasteiger partial charge in [-0.15, -0.1) is 0 Å². The summed E-state index contributed by atoms with van der Waals surface area (Å²) in [5, 5.41) is 9.82. The molecular formula is C20H27N5. The summed E-state index contributed by atoms with van der Waals surface area (Å²) in [6.45, 7) is 10.5. The summed E-state index contributed by atoms with van der Waals surface area (Å²) in [4.78, 5) is 9.33. The van der Waals surface area contributed by atoms with Gasteiger partial charge in [0, 0.05) is 44.3 Å². The number of nitriles is 1. The minimum atomic E-state index is -0.253. The lowest BCUT2D eigenvalue weighted by atomic mass is 10.0. The van der Waals surface area contributed by atoms with Crippen LogP contribution in [-0.4, -0.2) is 51.1 Å². The summed E-state index contributed by atoms with van der Waals surface area (Å²) in [5.74, 6) is 0.907. The highest BCUT2D eigenvalue weighted by molar-refractivity contribution is 5.56. The van der Waals surface area contributed by atoms with Gasteiger partial charge in [0.1, 0.15) is 11.9 Å². The summed E-state index contributed by atoms with van der Waals surface area (Å²) in [6.07, 6.45) is 1.85. The fourth-order valence-corrected chi connectivity index (χ4v) is 3.52. The predicted octanol–water partition coefficient (Wildman–Crippen LogP) is 3.07. The molecule has 0 saturated carbocycles. The van der Waals surface area contributed by atoms with Gasteiger partial charge in [-0.2, -0.15) is 5.26 Å². The summed E-state index contributed by atoms with van der Waals surface area (Å²) >= 11 is 0. The third kappa shape index (κ3) is 3.60. The Morgan fingerprint density at radius 1 is 1.08 bits per heavy atom. The number of nitrogens with zero attached hydrogens (tertiary/aromatic N) is 5. The van der Waals surface area contributed by atoms with Crippen molar-refractivity contribution >= 4 is 0 Å². The van der Waals surface area contributed by atoms with Crippen LogP contribution in [0, 0.1) is 11.3 Å². The molecule has 0 radical (unpaired) electrons. The monoisotopic (exact) mass is 337 g/mol. The van der Waals surface area contributed by atoms with Crippen LogP contribution in [-0.2, 0) is 7.05 Å². The Morgan fingerprint density at radius 3 is 2.28 bits per heavy atom. The third-order valence-corrected chi connectivity index (χ3v) is 5.09. The number of aromatic nitrogens is 2. The van der Waals surface area contributed by atoms with Crippen LogP contribution in [0.3, 0.4) is 0 Å². The lowest BCUT2D eigenvalue weighted by Crippen LogP contribution is -2.54. The van der Waals surface area contributed by atoms with Crippen LogP contribution < -0.4 is 0 Å². The highest BCUT2D eigenvalue weighted by Crippen LogP contribution is 2.27. The molecule has 3 rings (SSSR count). The van der Waals surface area contributed by atoms with Crippen LogP contribution in [0.15, 0.2) is 36.5 Å². The first-order valence-corrected chi connectivity index (χ1v) is 8.87. The molecular weight excluding hydrogens is 310 g/mol. The van der Waals surface area contributed by atoms with Crippen molar-refractivity contribution in [3.8, 4) is 17.5 Å². The highest BCUT2D eigenvalue weighted by Gasteiger charge is 2.31. The van der Waals surface area contributed by atoms with Crippen molar-refractivity contribution in [2.24, 2.45) is 7.05 Å². The van der Waals surface area contributed by atoms with E-state index >= 15 is 0 Å². The third-order valence-electron chi connectivity index (χ3n) is 5.09. The fourth-order valence-electron chi connectivity index (χ4n) is 3.52. The van der Waals surface area contributed by atoms with Crippen molar-refractivity contribution in [1.29, 1.82) is 5.26 Å². The van der Waals surface area contributed by atoms with Gasteiger partial charge in [0.2, 0.25) is 0 Å². The van der Waals surface area contributed by atoms with Crippen molar-refractivity contribution in [1.82, 2.24) is 19.4 Å². The molecule has 5 nitrogen and oxygen atoms in total. The van der Waals surface area contributed by atoms with Crippen LogP contribution in [0.5, 0.6) is 0 Å². The van der Waals surface area contributed by atoms with E-state index in [-0.39, 0.29) is 11.6 Å². The normalized spacial score (nSPS) is 18.0. The molecule has 1 unspecified atom stereocenters. The molecule has 1 aliphatic rings. The number of hydrogen-bond acceptors (Lipinski definition) is 4. The van der Waals surface area contributed by atoms with E-state index in [0.717, 1.165) is 43.3 Å². The molecule has 1 aliphatic heterocycles. The predicted molar refractivity (Wildman–Crippen MR) is 99.9 cm³/mol. The Kier molecular flexibility index (Phi) is 4.94. The summed E-state index contributed by atoms with van der Waals surface area (Å²) in [7, 11) is 2.00. The van der Waals surface area contributed by atoms with Crippen LogP contribution in [0.1, 0.15) is 32.5 Å². The smallest absolute Gasteiger partial charge is 0.140 e. The number of hydrogen-bond donors (Lipinski definition) is 0. The Balaban J connectivity index is 1.79.